The van der Waals surface area contributed by atoms with E-state index in [1.165, 1.54) is 17.3 Å². The van der Waals surface area contributed by atoms with Crippen molar-refractivity contribution in [2.45, 2.75) is 6.92 Å². The molecule has 1 atom stereocenters. The molecule has 1 aliphatic carbocycles. The second-order valence-corrected chi connectivity index (χ2v) is 6.06. The summed E-state index contributed by atoms with van der Waals surface area (Å²) in [6.07, 6.45) is 7.43. The van der Waals surface area contributed by atoms with Gasteiger partial charge in [-0.3, -0.25) is 4.79 Å². The number of benzene rings is 1. The number of carbonyl (C=O) groups is 1. The first-order valence-electron chi connectivity index (χ1n) is 7.10. The van der Waals surface area contributed by atoms with Gasteiger partial charge in [0.15, 0.2) is 5.17 Å². The molecule has 22 heavy (non-hydrogen) atoms. The van der Waals surface area contributed by atoms with Crippen LogP contribution in [0.3, 0.4) is 0 Å². The van der Waals surface area contributed by atoms with E-state index in [0.29, 0.717) is 17.5 Å². The van der Waals surface area contributed by atoms with E-state index < -0.39 is 0 Å². The van der Waals surface area contributed by atoms with Crippen LogP contribution < -0.4 is 4.74 Å². The summed E-state index contributed by atoms with van der Waals surface area (Å²) in [5.41, 5.74) is 1.97. The molecule has 4 nitrogen and oxygen atoms in total. The number of ether oxygens (including phenoxy) is 1. The standard InChI is InChI=1S/C17H16N2O2S/c1-12-6-8-13(9-7-12)21-10-11-22-17-18-15-5-3-2-4-14(15)16(20)19-17/h2-9,14H,10-11H2,1H3. The van der Waals surface area contributed by atoms with Crippen LogP contribution in [0.5, 0.6) is 5.75 Å². The van der Waals surface area contributed by atoms with Crippen LogP contribution in [-0.2, 0) is 4.79 Å². The largest absolute Gasteiger partial charge is 0.493 e. The van der Waals surface area contributed by atoms with Crippen molar-refractivity contribution in [3.63, 3.8) is 0 Å². The number of allylic oxidation sites excluding steroid dienone is 3. The van der Waals surface area contributed by atoms with Gasteiger partial charge in [-0.25, -0.2) is 4.99 Å². The van der Waals surface area contributed by atoms with E-state index in [4.69, 9.17) is 4.74 Å². The summed E-state index contributed by atoms with van der Waals surface area (Å²) in [7, 11) is 0. The van der Waals surface area contributed by atoms with Gasteiger partial charge in [-0.1, -0.05) is 47.7 Å². The van der Waals surface area contributed by atoms with E-state index in [2.05, 4.69) is 9.98 Å². The molecule has 3 rings (SSSR count). The van der Waals surface area contributed by atoms with E-state index in [1.807, 2.05) is 55.5 Å². The van der Waals surface area contributed by atoms with Gasteiger partial charge in [-0.05, 0) is 25.1 Å². The highest BCUT2D eigenvalue weighted by molar-refractivity contribution is 8.13. The van der Waals surface area contributed by atoms with Crippen molar-refractivity contribution in [1.82, 2.24) is 0 Å². The number of thioether (sulfide) groups is 1. The third-order valence-corrected chi connectivity index (χ3v) is 4.11. The Morgan fingerprint density at radius 2 is 2.00 bits per heavy atom. The number of hydrogen-bond donors (Lipinski definition) is 0. The van der Waals surface area contributed by atoms with Gasteiger partial charge in [0.25, 0.3) is 5.91 Å². The van der Waals surface area contributed by atoms with Crippen LogP contribution in [0, 0.1) is 12.8 Å². The molecule has 1 aliphatic heterocycles. The molecule has 0 spiro atoms. The normalized spacial score (nSPS) is 19.5. The highest BCUT2D eigenvalue weighted by Gasteiger charge is 2.26. The third kappa shape index (κ3) is 3.54. The van der Waals surface area contributed by atoms with Gasteiger partial charge in [0.1, 0.15) is 11.7 Å². The molecule has 0 aromatic heterocycles. The Morgan fingerprint density at radius 1 is 1.18 bits per heavy atom. The predicted octanol–water partition coefficient (Wildman–Crippen LogP) is 3.19. The summed E-state index contributed by atoms with van der Waals surface area (Å²) in [6.45, 7) is 2.59. The maximum atomic E-state index is 11.9. The molecule has 0 bridgehead atoms. The summed E-state index contributed by atoms with van der Waals surface area (Å²) in [4.78, 5) is 20.4. The Morgan fingerprint density at radius 3 is 2.82 bits per heavy atom. The first-order valence-corrected chi connectivity index (χ1v) is 8.09. The first-order chi connectivity index (χ1) is 10.7. The molecule has 0 saturated carbocycles. The zero-order valence-corrected chi connectivity index (χ0v) is 13.0. The van der Waals surface area contributed by atoms with Crippen LogP contribution in [0.1, 0.15) is 5.56 Å². The predicted molar refractivity (Wildman–Crippen MR) is 90.8 cm³/mol. The molecular weight excluding hydrogens is 296 g/mol. The van der Waals surface area contributed by atoms with Crippen LogP contribution in [0.25, 0.3) is 0 Å². The number of amides is 1. The maximum Gasteiger partial charge on any atom is 0.261 e. The number of nitrogens with zero attached hydrogens (tertiary/aromatic N) is 2. The summed E-state index contributed by atoms with van der Waals surface area (Å²) < 4.78 is 5.65. The quantitative estimate of drug-likeness (QED) is 0.802. The lowest BCUT2D eigenvalue weighted by Gasteiger charge is -2.17. The molecule has 0 fully saturated rings. The molecule has 0 radical (unpaired) electrons. The minimum atomic E-state index is -0.307. The molecule has 1 aromatic rings. The highest BCUT2D eigenvalue weighted by atomic mass is 32.2. The minimum absolute atomic E-state index is 0.146. The molecule has 1 heterocycles. The number of carbonyl (C=O) groups excluding carboxylic acids is 1. The fourth-order valence-electron chi connectivity index (χ4n) is 2.14. The first kappa shape index (κ1) is 14.8. The van der Waals surface area contributed by atoms with Crippen molar-refractivity contribution in [3.05, 3.63) is 54.1 Å². The lowest BCUT2D eigenvalue weighted by molar-refractivity contribution is -0.118. The zero-order chi connectivity index (χ0) is 15.4. The van der Waals surface area contributed by atoms with Gasteiger partial charge in [0.2, 0.25) is 0 Å². The van der Waals surface area contributed by atoms with Gasteiger partial charge < -0.3 is 4.74 Å². The molecule has 1 aromatic carbocycles. The van der Waals surface area contributed by atoms with E-state index in [0.717, 1.165) is 11.5 Å². The molecule has 5 heteroatoms. The Labute approximate surface area is 133 Å². The maximum absolute atomic E-state index is 11.9. The van der Waals surface area contributed by atoms with Crippen molar-refractivity contribution in [3.8, 4) is 5.75 Å². The number of aryl methyl sites for hydroxylation is 1. The topological polar surface area (TPSA) is 51.0 Å². The van der Waals surface area contributed by atoms with Crippen LogP contribution in [0.2, 0.25) is 0 Å². The van der Waals surface area contributed by atoms with Crippen LogP contribution in [-0.4, -0.2) is 29.1 Å². The Hall–Kier alpha value is -2.14. The molecule has 0 saturated heterocycles. The number of rotatable bonds is 4. The molecule has 0 N–H and O–H groups in total. The van der Waals surface area contributed by atoms with Crippen molar-refractivity contribution >= 4 is 28.5 Å². The zero-order valence-electron chi connectivity index (χ0n) is 12.2. The van der Waals surface area contributed by atoms with Crippen LogP contribution in [0.4, 0.5) is 0 Å². The Balaban J connectivity index is 1.51. The second-order valence-electron chi connectivity index (χ2n) is 5.00. The van der Waals surface area contributed by atoms with Crippen LogP contribution in [0.15, 0.2) is 58.6 Å². The summed E-state index contributed by atoms with van der Waals surface area (Å²) in [6, 6.07) is 7.93. The van der Waals surface area contributed by atoms with Crippen molar-refractivity contribution < 1.29 is 9.53 Å². The fraction of sp³-hybridized carbons (Fsp3) is 0.235. The number of amidine groups is 1. The van der Waals surface area contributed by atoms with Crippen LogP contribution >= 0.6 is 11.8 Å². The van der Waals surface area contributed by atoms with Gasteiger partial charge in [-0.15, -0.1) is 0 Å². The molecule has 112 valence electrons. The number of fused-ring (bicyclic) bond motifs is 1. The smallest absolute Gasteiger partial charge is 0.261 e. The van der Waals surface area contributed by atoms with Gasteiger partial charge >= 0.3 is 0 Å². The van der Waals surface area contributed by atoms with Crippen molar-refractivity contribution in [2.24, 2.45) is 15.9 Å². The van der Waals surface area contributed by atoms with Crippen molar-refractivity contribution in [2.75, 3.05) is 12.4 Å². The fourth-order valence-corrected chi connectivity index (χ4v) is 2.81. The van der Waals surface area contributed by atoms with E-state index in [-0.39, 0.29) is 11.8 Å². The summed E-state index contributed by atoms with van der Waals surface area (Å²) in [5, 5.41) is 0.517. The molecule has 1 amide bonds. The average molecular weight is 312 g/mol. The van der Waals surface area contributed by atoms with E-state index in [1.54, 1.807) is 0 Å². The third-order valence-electron chi connectivity index (χ3n) is 3.30. The van der Waals surface area contributed by atoms with E-state index >= 15 is 0 Å². The number of hydrogen-bond acceptors (Lipinski definition) is 4. The minimum Gasteiger partial charge on any atom is -0.493 e. The second kappa shape index (κ2) is 6.75. The van der Waals surface area contributed by atoms with Crippen molar-refractivity contribution in [1.29, 1.82) is 0 Å². The average Bonchev–Trinajstić information content (AvgIpc) is 2.53. The van der Waals surface area contributed by atoms with E-state index in [9.17, 15) is 4.79 Å². The van der Waals surface area contributed by atoms with Gasteiger partial charge in [0, 0.05) is 5.75 Å². The highest BCUT2D eigenvalue weighted by Crippen LogP contribution is 2.20. The van der Waals surface area contributed by atoms with Gasteiger partial charge in [-0.2, -0.15) is 4.99 Å². The Bertz CT molecular complexity index is 687. The molecule has 1 unspecified atom stereocenters. The number of aliphatic imine (C=N–C) groups is 2. The summed E-state index contributed by atoms with van der Waals surface area (Å²) in [5.74, 6) is 1.09. The molecular formula is C17H16N2O2S. The SMILES string of the molecule is Cc1ccc(OCCSC2=NC(=O)C3C=CC=CC3=N2)cc1. The monoisotopic (exact) mass is 312 g/mol. The summed E-state index contributed by atoms with van der Waals surface area (Å²) >= 11 is 1.44. The Kier molecular flexibility index (Phi) is 4.53. The van der Waals surface area contributed by atoms with Gasteiger partial charge in [0.05, 0.1) is 12.3 Å². The lowest BCUT2D eigenvalue weighted by Crippen LogP contribution is -2.26. The molecule has 2 aliphatic rings. The lowest BCUT2D eigenvalue weighted by atomic mass is 9.97.